The molecule has 0 aliphatic heterocycles. The van der Waals surface area contributed by atoms with Gasteiger partial charge in [-0.25, -0.2) is 13.8 Å². The summed E-state index contributed by atoms with van der Waals surface area (Å²) in [5.41, 5.74) is 0. The van der Waals surface area contributed by atoms with Crippen LogP contribution in [0, 0.1) is 0 Å². The highest BCUT2D eigenvalue weighted by Crippen LogP contribution is 1.98. The van der Waals surface area contributed by atoms with Crippen LogP contribution >= 0.6 is 0 Å². The van der Waals surface area contributed by atoms with Crippen LogP contribution in [0.3, 0.4) is 0 Å². The molecular weight excluding hydrogens is 190 g/mol. The van der Waals surface area contributed by atoms with Crippen molar-refractivity contribution in [3.8, 4) is 0 Å². The van der Waals surface area contributed by atoms with Gasteiger partial charge in [0.25, 0.3) is 6.43 Å². The Balaban J connectivity index is 2.05. The van der Waals surface area contributed by atoms with Crippen molar-refractivity contribution in [1.29, 1.82) is 0 Å². The van der Waals surface area contributed by atoms with Crippen LogP contribution in [0.5, 0.6) is 0 Å². The summed E-state index contributed by atoms with van der Waals surface area (Å²) in [6.45, 7) is 0.217. The molecule has 78 valence electrons. The lowest BCUT2D eigenvalue weighted by molar-refractivity contribution is 0.0215. The highest BCUT2D eigenvalue weighted by molar-refractivity contribution is 5.32. The molecule has 1 rings (SSSR count). The van der Waals surface area contributed by atoms with Crippen molar-refractivity contribution in [1.82, 2.24) is 4.98 Å². The Labute approximate surface area is 81.1 Å². The van der Waals surface area contributed by atoms with Crippen molar-refractivity contribution in [2.24, 2.45) is 0 Å². The molecule has 0 aliphatic carbocycles. The average molecular weight is 202 g/mol. The summed E-state index contributed by atoms with van der Waals surface area (Å²) in [4.78, 5) is 4.00. The summed E-state index contributed by atoms with van der Waals surface area (Å²) in [7, 11) is 0. The Hall–Kier alpha value is -1.23. The molecule has 0 saturated carbocycles. The van der Waals surface area contributed by atoms with Gasteiger partial charge in [-0.2, -0.15) is 0 Å². The molecule has 0 saturated heterocycles. The number of halogens is 2. The highest BCUT2D eigenvalue weighted by Gasteiger charge is 2.00. The Morgan fingerprint density at radius 2 is 2.29 bits per heavy atom. The molecule has 3 nitrogen and oxygen atoms in total. The standard InChI is InChI=1S/C9H12F2N2O/c10-8(11)7-14-6-5-13-9-3-1-2-4-12-9/h1-4,8H,5-7H2,(H,12,13). The van der Waals surface area contributed by atoms with Gasteiger partial charge in [-0.05, 0) is 12.1 Å². The van der Waals surface area contributed by atoms with Crippen molar-refractivity contribution in [2.45, 2.75) is 6.43 Å². The molecule has 14 heavy (non-hydrogen) atoms. The smallest absolute Gasteiger partial charge is 0.261 e. The van der Waals surface area contributed by atoms with Gasteiger partial charge in [-0.15, -0.1) is 0 Å². The van der Waals surface area contributed by atoms with Crippen LogP contribution < -0.4 is 5.32 Å². The Morgan fingerprint density at radius 3 is 2.93 bits per heavy atom. The summed E-state index contributed by atoms with van der Waals surface area (Å²) < 4.78 is 27.9. The number of hydrogen-bond donors (Lipinski definition) is 1. The van der Waals surface area contributed by atoms with Gasteiger partial charge in [0.15, 0.2) is 0 Å². The summed E-state index contributed by atoms with van der Waals surface area (Å²) in [6.07, 6.45) is -0.743. The first kappa shape index (κ1) is 10.8. The second-order valence-electron chi connectivity index (χ2n) is 2.61. The minimum Gasteiger partial charge on any atom is -0.374 e. The number of alkyl halides is 2. The zero-order valence-electron chi connectivity index (χ0n) is 7.62. The number of aromatic nitrogens is 1. The number of nitrogens with zero attached hydrogens (tertiary/aromatic N) is 1. The van der Waals surface area contributed by atoms with E-state index in [2.05, 4.69) is 15.0 Å². The van der Waals surface area contributed by atoms with E-state index in [1.54, 1.807) is 18.3 Å². The van der Waals surface area contributed by atoms with Crippen LogP contribution in [0.4, 0.5) is 14.6 Å². The van der Waals surface area contributed by atoms with Crippen molar-refractivity contribution >= 4 is 5.82 Å². The van der Waals surface area contributed by atoms with E-state index in [0.717, 1.165) is 0 Å². The van der Waals surface area contributed by atoms with E-state index >= 15 is 0 Å². The number of anilines is 1. The van der Waals surface area contributed by atoms with E-state index in [-0.39, 0.29) is 6.61 Å². The van der Waals surface area contributed by atoms with Crippen molar-refractivity contribution in [2.75, 3.05) is 25.1 Å². The normalized spacial score (nSPS) is 10.5. The molecule has 0 fully saturated rings. The van der Waals surface area contributed by atoms with E-state index in [0.29, 0.717) is 12.4 Å². The van der Waals surface area contributed by atoms with Gasteiger partial charge in [0.2, 0.25) is 0 Å². The molecule has 0 spiro atoms. The fourth-order valence-corrected chi connectivity index (χ4v) is 0.891. The van der Waals surface area contributed by atoms with Gasteiger partial charge in [0.05, 0.1) is 6.61 Å². The molecule has 5 heteroatoms. The Morgan fingerprint density at radius 1 is 1.43 bits per heavy atom. The Bertz CT molecular complexity index is 244. The third kappa shape index (κ3) is 4.71. The van der Waals surface area contributed by atoms with Crippen LogP contribution in [0.25, 0.3) is 0 Å². The molecule has 0 amide bonds. The predicted molar refractivity (Wildman–Crippen MR) is 49.5 cm³/mol. The second-order valence-corrected chi connectivity index (χ2v) is 2.61. The number of hydrogen-bond acceptors (Lipinski definition) is 3. The maximum Gasteiger partial charge on any atom is 0.261 e. The molecule has 0 atom stereocenters. The molecule has 1 aromatic rings. The number of pyridine rings is 1. The molecule has 0 aromatic carbocycles. The maximum absolute atomic E-state index is 11.6. The van der Waals surface area contributed by atoms with Gasteiger partial charge >= 0.3 is 0 Å². The molecule has 0 radical (unpaired) electrons. The highest BCUT2D eigenvalue weighted by atomic mass is 19.3. The van der Waals surface area contributed by atoms with Crippen LogP contribution in [0.1, 0.15) is 0 Å². The topological polar surface area (TPSA) is 34.1 Å². The zero-order valence-corrected chi connectivity index (χ0v) is 7.62. The van der Waals surface area contributed by atoms with Gasteiger partial charge < -0.3 is 10.1 Å². The molecule has 1 N–H and O–H groups in total. The Kier molecular flexibility index (Phi) is 4.85. The third-order valence-corrected chi connectivity index (χ3v) is 1.46. The molecule has 0 unspecified atom stereocenters. The van der Waals surface area contributed by atoms with Gasteiger partial charge in [-0.1, -0.05) is 6.07 Å². The summed E-state index contributed by atoms with van der Waals surface area (Å²) >= 11 is 0. The van der Waals surface area contributed by atoms with Crippen molar-refractivity contribution < 1.29 is 13.5 Å². The van der Waals surface area contributed by atoms with Crippen LogP contribution in [-0.4, -0.2) is 31.2 Å². The average Bonchev–Trinajstić information content (AvgIpc) is 2.18. The quantitative estimate of drug-likeness (QED) is 0.714. The van der Waals surface area contributed by atoms with E-state index in [9.17, 15) is 8.78 Å². The van der Waals surface area contributed by atoms with Gasteiger partial charge in [-0.3, -0.25) is 0 Å². The van der Waals surface area contributed by atoms with Crippen LogP contribution in [0.15, 0.2) is 24.4 Å². The lowest BCUT2D eigenvalue weighted by atomic mass is 10.4. The zero-order chi connectivity index (χ0) is 10.2. The first-order valence-corrected chi connectivity index (χ1v) is 4.30. The fraction of sp³-hybridized carbons (Fsp3) is 0.444. The molecule has 0 aliphatic rings. The number of nitrogens with one attached hydrogen (secondary N) is 1. The third-order valence-electron chi connectivity index (χ3n) is 1.46. The first-order chi connectivity index (χ1) is 6.79. The summed E-state index contributed by atoms with van der Waals surface area (Å²) in [6, 6.07) is 5.45. The van der Waals surface area contributed by atoms with Crippen molar-refractivity contribution in [3.63, 3.8) is 0 Å². The van der Waals surface area contributed by atoms with Gasteiger partial charge in [0.1, 0.15) is 12.4 Å². The first-order valence-electron chi connectivity index (χ1n) is 4.30. The molecular formula is C9H12F2N2O. The molecule has 1 heterocycles. The fourth-order valence-electron chi connectivity index (χ4n) is 0.891. The molecule has 1 aromatic heterocycles. The van der Waals surface area contributed by atoms with E-state index in [1.165, 1.54) is 0 Å². The van der Waals surface area contributed by atoms with E-state index in [4.69, 9.17) is 0 Å². The SMILES string of the molecule is FC(F)COCCNc1ccccn1. The number of rotatable bonds is 6. The maximum atomic E-state index is 11.6. The summed E-state index contributed by atoms with van der Waals surface area (Å²) in [5.74, 6) is 0.716. The van der Waals surface area contributed by atoms with Crippen LogP contribution in [-0.2, 0) is 4.74 Å². The van der Waals surface area contributed by atoms with Crippen LogP contribution in [0.2, 0.25) is 0 Å². The molecule has 0 bridgehead atoms. The van der Waals surface area contributed by atoms with E-state index < -0.39 is 13.0 Å². The van der Waals surface area contributed by atoms with Gasteiger partial charge in [0, 0.05) is 12.7 Å². The van der Waals surface area contributed by atoms with E-state index in [1.807, 2.05) is 6.07 Å². The lowest BCUT2D eigenvalue weighted by Crippen LogP contribution is -2.13. The summed E-state index contributed by atoms with van der Waals surface area (Å²) in [5, 5.41) is 2.94. The predicted octanol–water partition coefficient (Wildman–Crippen LogP) is 1.78. The van der Waals surface area contributed by atoms with Crippen molar-refractivity contribution in [3.05, 3.63) is 24.4 Å². The minimum atomic E-state index is -2.40. The number of ether oxygens (including phenoxy) is 1. The lowest BCUT2D eigenvalue weighted by Gasteiger charge is -2.05. The minimum absolute atomic E-state index is 0.251. The largest absolute Gasteiger partial charge is 0.374 e. The second kappa shape index (κ2) is 6.26. The monoisotopic (exact) mass is 202 g/mol.